The Morgan fingerprint density at radius 2 is 1.59 bits per heavy atom. The maximum absolute atomic E-state index is 13.5. The van der Waals surface area contributed by atoms with Crippen LogP contribution in [0.15, 0.2) is 60.7 Å². The first-order valence-corrected chi connectivity index (χ1v) is 10.4. The van der Waals surface area contributed by atoms with Gasteiger partial charge in [0.25, 0.3) is 0 Å². The van der Waals surface area contributed by atoms with E-state index in [4.69, 9.17) is 0 Å². The number of nitrogens with one attached hydrogen (secondary N) is 1. The fourth-order valence-corrected chi connectivity index (χ4v) is 5.37. The third-order valence-electron chi connectivity index (χ3n) is 6.82. The summed E-state index contributed by atoms with van der Waals surface area (Å²) >= 11 is 0. The summed E-state index contributed by atoms with van der Waals surface area (Å²) in [5.41, 5.74) is 2.37. The molecule has 2 bridgehead atoms. The number of nitrogens with zero attached hydrogens (tertiary/aromatic N) is 1. The molecule has 140 valence electrons. The quantitative estimate of drug-likeness (QED) is 0.846. The number of fused-ring (bicyclic) bond motifs is 2. The Hall–Kier alpha value is -2.13. The highest BCUT2D eigenvalue weighted by Crippen LogP contribution is 2.52. The van der Waals surface area contributed by atoms with Crippen LogP contribution in [-0.2, 0) is 17.8 Å². The number of benzene rings is 2. The Morgan fingerprint density at radius 3 is 2.26 bits per heavy atom. The highest BCUT2D eigenvalue weighted by molar-refractivity contribution is 5.85. The average molecular weight is 361 g/mol. The van der Waals surface area contributed by atoms with Crippen molar-refractivity contribution in [2.75, 3.05) is 0 Å². The molecular weight excluding hydrogens is 332 g/mol. The molecule has 2 saturated heterocycles. The molecule has 3 nitrogen and oxygen atoms in total. The molecule has 2 aromatic rings. The number of carbonyl (C=O) groups is 1. The Morgan fingerprint density at radius 1 is 0.926 bits per heavy atom. The van der Waals surface area contributed by atoms with Gasteiger partial charge in [0.05, 0.1) is 5.41 Å². The van der Waals surface area contributed by atoms with Crippen molar-refractivity contribution < 1.29 is 4.79 Å². The van der Waals surface area contributed by atoms with Crippen LogP contribution in [-0.4, -0.2) is 28.9 Å². The lowest BCUT2D eigenvalue weighted by atomic mass is 9.69. The zero-order chi connectivity index (χ0) is 18.3. The van der Waals surface area contributed by atoms with Crippen LogP contribution < -0.4 is 5.32 Å². The third-order valence-corrected chi connectivity index (χ3v) is 6.82. The normalized spacial score (nSPS) is 29.8. The first-order chi connectivity index (χ1) is 13.2. The molecule has 3 heteroatoms. The lowest BCUT2D eigenvalue weighted by molar-refractivity contribution is -0.133. The van der Waals surface area contributed by atoms with Gasteiger partial charge in [-0.3, -0.25) is 9.69 Å². The van der Waals surface area contributed by atoms with Gasteiger partial charge >= 0.3 is 0 Å². The molecule has 0 aromatic heterocycles. The van der Waals surface area contributed by atoms with Gasteiger partial charge in [0.1, 0.15) is 0 Å². The molecule has 1 N–H and O–H groups in total. The fraction of sp³-hybridized carbons (Fsp3) is 0.458. The monoisotopic (exact) mass is 360 g/mol. The van der Waals surface area contributed by atoms with E-state index in [0.29, 0.717) is 24.0 Å². The van der Waals surface area contributed by atoms with Gasteiger partial charge in [0.2, 0.25) is 5.91 Å². The second kappa shape index (κ2) is 6.79. The maximum Gasteiger partial charge on any atom is 0.228 e. The van der Waals surface area contributed by atoms with Gasteiger partial charge in [0, 0.05) is 24.7 Å². The fourth-order valence-electron chi connectivity index (χ4n) is 5.37. The lowest BCUT2D eigenvalue weighted by Crippen LogP contribution is -2.51. The molecule has 2 aliphatic heterocycles. The maximum atomic E-state index is 13.5. The lowest BCUT2D eigenvalue weighted by Gasteiger charge is -2.37. The van der Waals surface area contributed by atoms with E-state index in [1.807, 2.05) is 0 Å². The summed E-state index contributed by atoms with van der Waals surface area (Å²) in [5, 5.41) is 3.36. The van der Waals surface area contributed by atoms with Gasteiger partial charge < -0.3 is 5.32 Å². The molecule has 1 amide bonds. The molecule has 1 saturated carbocycles. The Balaban J connectivity index is 1.44. The van der Waals surface area contributed by atoms with Gasteiger partial charge in [-0.2, -0.15) is 0 Å². The molecular formula is C24H28N2O. The standard InChI is InChI=1S/C24H28N2O/c27-23(25-20-11-12-20)24(15-18-7-3-1-4-8-18)16-21-13-14-22(24)26(21)17-19-9-5-2-6-10-19/h1-10,20-22H,11-17H2,(H,25,27)/t21-,22+,24+/m0/s1. The summed E-state index contributed by atoms with van der Waals surface area (Å²) < 4.78 is 0. The van der Waals surface area contributed by atoms with E-state index in [1.54, 1.807) is 0 Å². The van der Waals surface area contributed by atoms with E-state index in [0.717, 1.165) is 38.6 Å². The molecule has 3 fully saturated rings. The largest absolute Gasteiger partial charge is 0.353 e. The minimum absolute atomic E-state index is 0.276. The number of amides is 1. The van der Waals surface area contributed by atoms with E-state index in [1.165, 1.54) is 17.5 Å². The molecule has 1 aliphatic carbocycles. The van der Waals surface area contributed by atoms with Crippen LogP contribution in [0.25, 0.3) is 0 Å². The summed E-state index contributed by atoms with van der Waals surface area (Å²) in [6.45, 7) is 0.962. The third kappa shape index (κ3) is 3.19. The first-order valence-electron chi connectivity index (χ1n) is 10.4. The Bertz CT molecular complexity index is 802. The topological polar surface area (TPSA) is 32.3 Å². The molecule has 3 aliphatic rings. The van der Waals surface area contributed by atoms with Gasteiger partial charge in [0.15, 0.2) is 0 Å². The molecule has 0 unspecified atom stereocenters. The summed E-state index contributed by atoms with van der Waals surface area (Å²) in [6.07, 6.45) is 6.52. The highest BCUT2D eigenvalue weighted by Gasteiger charge is 2.59. The zero-order valence-electron chi connectivity index (χ0n) is 15.8. The number of hydrogen-bond acceptors (Lipinski definition) is 2. The number of rotatable bonds is 6. The Labute approximate surface area is 161 Å². The van der Waals surface area contributed by atoms with E-state index >= 15 is 0 Å². The van der Waals surface area contributed by atoms with Crippen LogP contribution in [0, 0.1) is 5.41 Å². The summed E-state index contributed by atoms with van der Waals surface area (Å²) in [4.78, 5) is 16.1. The SMILES string of the molecule is O=C(NC1CC1)[C@]1(Cc2ccccc2)C[C@@H]2CC[C@H]1N2Cc1ccccc1. The van der Waals surface area contributed by atoms with Crippen molar-refractivity contribution in [3.63, 3.8) is 0 Å². The van der Waals surface area contributed by atoms with Crippen molar-refractivity contribution in [3.05, 3.63) is 71.8 Å². The van der Waals surface area contributed by atoms with Crippen LogP contribution in [0.4, 0.5) is 0 Å². The van der Waals surface area contributed by atoms with Crippen molar-refractivity contribution in [1.82, 2.24) is 10.2 Å². The molecule has 0 spiro atoms. The minimum Gasteiger partial charge on any atom is -0.353 e. The van der Waals surface area contributed by atoms with Crippen LogP contribution in [0.5, 0.6) is 0 Å². The smallest absolute Gasteiger partial charge is 0.228 e. The molecule has 3 atom stereocenters. The van der Waals surface area contributed by atoms with E-state index < -0.39 is 0 Å². The molecule has 0 radical (unpaired) electrons. The zero-order valence-corrected chi connectivity index (χ0v) is 15.8. The second-order valence-corrected chi connectivity index (χ2v) is 8.68. The average Bonchev–Trinajstić information content (AvgIpc) is 3.38. The van der Waals surface area contributed by atoms with Crippen LogP contribution >= 0.6 is 0 Å². The van der Waals surface area contributed by atoms with Gasteiger partial charge in [-0.25, -0.2) is 0 Å². The number of hydrogen-bond donors (Lipinski definition) is 1. The van der Waals surface area contributed by atoms with Gasteiger partial charge in [-0.05, 0) is 49.7 Å². The summed E-state index contributed by atoms with van der Waals surface area (Å²) in [6, 6.07) is 22.6. The highest BCUT2D eigenvalue weighted by atomic mass is 16.2. The summed E-state index contributed by atoms with van der Waals surface area (Å²) in [5.74, 6) is 0.305. The van der Waals surface area contributed by atoms with Crippen molar-refractivity contribution in [3.8, 4) is 0 Å². The molecule has 2 heterocycles. The molecule has 2 aromatic carbocycles. The van der Waals surface area contributed by atoms with Crippen LogP contribution in [0.1, 0.15) is 43.2 Å². The first kappa shape index (κ1) is 17.0. The predicted octanol–water partition coefficient (Wildman–Crippen LogP) is 3.93. The van der Waals surface area contributed by atoms with E-state index in [-0.39, 0.29) is 5.41 Å². The van der Waals surface area contributed by atoms with E-state index in [2.05, 4.69) is 70.9 Å². The van der Waals surface area contributed by atoms with Gasteiger partial charge in [-0.15, -0.1) is 0 Å². The van der Waals surface area contributed by atoms with Crippen molar-refractivity contribution >= 4 is 5.91 Å². The molecule has 5 rings (SSSR count). The number of carbonyl (C=O) groups excluding carboxylic acids is 1. The van der Waals surface area contributed by atoms with E-state index in [9.17, 15) is 4.79 Å². The molecule has 27 heavy (non-hydrogen) atoms. The minimum atomic E-state index is -0.276. The van der Waals surface area contributed by atoms with Crippen molar-refractivity contribution in [1.29, 1.82) is 0 Å². The van der Waals surface area contributed by atoms with Crippen LogP contribution in [0.2, 0.25) is 0 Å². The van der Waals surface area contributed by atoms with Gasteiger partial charge in [-0.1, -0.05) is 60.7 Å². The van der Waals surface area contributed by atoms with Crippen molar-refractivity contribution in [2.45, 2.75) is 63.2 Å². The summed E-state index contributed by atoms with van der Waals surface area (Å²) in [7, 11) is 0. The van der Waals surface area contributed by atoms with Crippen molar-refractivity contribution in [2.24, 2.45) is 5.41 Å². The predicted molar refractivity (Wildman–Crippen MR) is 107 cm³/mol. The Kier molecular flexibility index (Phi) is 4.28. The second-order valence-electron chi connectivity index (χ2n) is 8.68. The van der Waals surface area contributed by atoms with Crippen LogP contribution in [0.3, 0.4) is 0 Å².